The summed E-state index contributed by atoms with van der Waals surface area (Å²) >= 11 is 12.2. The van der Waals surface area contributed by atoms with Crippen molar-refractivity contribution in [1.29, 1.82) is 5.41 Å². The van der Waals surface area contributed by atoms with Crippen molar-refractivity contribution < 1.29 is 22.7 Å². The van der Waals surface area contributed by atoms with Crippen molar-refractivity contribution in [1.82, 2.24) is 5.01 Å². The number of hydrogen-bond acceptors (Lipinski definition) is 5. The van der Waals surface area contributed by atoms with Crippen LogP contribution in [0.3, 0.4) is 0 Å². The molecule has 2 aromatic rings. The topological polar surface area (TPSA) is 78.1 Å². The number of amidine groups is 2. The van der Waals surface area contributed by atoms with Gasteiger partial charge in [-0.15, -0.1) is 0 Å². The third kappa shape index (κ3) is 4.67. The van der Waals surface area contributed by atoms with E-state index in [2.05, 4.69) is 10.1 Å². The third-order valence-electron chi connectivity index (χ3n) is 4.28. The highest BCUT2D eigenvalue weighted by Gasteiger charge is 2.46. The fourth-order valence-electron chi connectivity index (χ4n) is 2.77. The minimum atomic E-state index is -4.70. The molecule has 2 aliphatic rings. The molecule has 0 spiro atoms. The van der Waals surface area contributed by atoms with Gasteiger partial charge in [0.05, 0.1) is 5.57 Å². The van der Waals surface area contributed by atoms with E-state index in [1.165, 1.54) is 6.08 Å². The molecule has 0 fully saturated rings. The second-order valence-electron chi connectivity index (χ2n) is 6.52. The monoisotopic (exact) mass is 498 g/mol. The Bertz CT molecular complexity index is 1230. The van der Waals surface area contributed by atoms with Crippen LogP contribution in [0, 0.1) is 5.41 Å². The summed E-state index contributed by atoms with van der Waals surface area (Å²) in [7, 11) is 0. The summed E-state index contributed by atoms with van der Waals surface area (Å²) in [6, 6.07) is 11.6. The van der Waals surface area contributed by atoms with Crippen LogP contribution in [-0.2, 0) is 11.4 Å². The number of nitrogens with one attached hydrogen (secondary N) is 1. The molecule has 0 saturated carbocycles. The molecule has 0 bridgehead atoms. The van der Waals surface area contributed by atoms with Gasteiger partial charge in [0, 0.05) is 15.6 Å². The summed E-state index contributed by atoms with van der Waals surface area (Å²) in [6.07, 6.45) is -3.35. The lowest BCUT2D eigenvalue weighted by molar-refractivity contribution is -0.114. The maximum absolute atomic E-state index is 12.9. The van der Waals surface area contributed by atoms with Crippen LogP contribution >= 0.6 is 35.0 Å². The number of hydrogen-bond donors (Lipinski definition) is 1. The average Bonchev–Trinajstić information content (AvgIpc) is 3.15. The summed E-state index contributed by atoms with van der Waals surface area (Å²) < 4.78 is 44.5. The summed E-state index contributed by atoms with van der Waals surface area (Å²) in [5, 5.41) is 11.7. The zero-order valence-corrected chi connectivity index (χ0v) is 18.1. The van der Waals surface area contributed by atoms with Crippen molar-refractivity contribution in [2.24, 2.45) is 10.1 Å². The van der Waals surface area contributed by atoms with Crippen LogP contribution in [0.1, 0.15) is 11.1 Å². The van der Waals surface area contributed by atoms with Crippen molar-refractivity contribution in [3.05, 3.63) is 69.2 Å². The molecule has 0 aromatic heterocycles. The number of amides is 1. The van der Waals surface area contributed by atoms with Gasteiger partial charge in [-0.2, -0.15) is 28.3 Å². The lowest BCUT2D eigenvalue weighted by Crippen LogP contribution is -2.35. The van der Waals surface area contributed by atoms with Crippen LogP contribution in [0.5, 0.6) is 5.75 Å². The van der Waals surface area contributed by atoms with E-state index in [0.29, 0.717) is 26.4 Å². The number of halogens is 5. The fraction of sp³-hybridized carbons (Fsp3) is 0.100. The van der Waals surface area contributed by atoms with Gasteiger partial charge < -0.3 is 4.74 Å². The average molecular weight is 499 g/mol. The highest BCUT2D eigenvalue weighted by atomic mass is 35.5. The molecule has 0 radical (unpaired) electrons. The van der Waals surface area contributed by atoms with Crippen LogP contribution in [0.15, 0.2) is 58.1 Å². The van der Waals surface area contributed by atoms with Crippen molar-refractivity contribution >= 4 is 63.0 Å². The molecule has 1 amide bonds. The number of benzene rings is 2. The Balaban J connectivity index is 1.55. The van der Waals surface area contributed by atoms with E-state index < -0.39 is 23.0 Å². The smallest absolute Gasteiger partial charge is 0.441 e. The number of ether oxygens (including phenoxy) is 1. The zero-order valence-electron chi connectivity index (χ0n) is 15.8. The molecule has 164 valence electrons. The van der Waals surface area contributed by atoms with Crippen LogP contribution < -0.4 is 4.74 Å². The van der Waals surface area contributed by atoms with Gasteiger partial charge >= 0.3 is 6.18 Å². The molecular formula is C20H11Cl2F3N4O2S. The first kappa shape index (κ1) is 22.4. The molecule has 4 rings (SSSR count). The van der Waals surface area contributed by atoms with Crippen LogP contribution in [0.25, 0.3) is 6.08 Å². The van der Waals surface area contributed by atoms with Gasteiger partial charge in [0.15, 0.2) is 5.84 Å². The highest BCUT2D eigenvalue weighted by molar-refractivity contribution is 8.27. The lowest BCUT2D eigenvalue weighted by atomic mass is 10.1. The summed E-state index contributed by atoms with van der Waals surface area (Å²) in [5.74, 6) is -0.865. The van der Waals surface area contributed by atoms with E-state index in [0.717, 1.165) is 5.56 Å². The molecule has 0 saturated heterocycles. The third-order valence-corrected chi connectivity index (χ3v) is 5.82. The Morgan fingerprint density at radius 2 is 1.97 bits per heavy atom. The van der Waals surface area contributed by atoms with E-state index in [1.54, 1.807) is 42.5 Å². The second-order valence-corrected chi connectivity index (χ2v) is 8.32. The number of nitrogens with zero attached hydrogens (tertiary/aromatic N) is 3. The molecule has 1 N–H and O–H groups in total. The predicted octanol–water partition coefficient (Wildman–Crippen LogP) is 5.75. The van der Waals surface area contributed by atoms with Crippen molar-refractivity contribution in [3.8, 4) is 5.75 Å². The van der Waals surface area contributed by atoms with Crippen molar-refractivity contribution in [3.63, 3.8) is 0 Å². The van der Waals surface area contributed by atoms with E-state index in [-0.39, 0.29) is 29.1 Å². The number of thioether (sulfide) groups is 1. The zero-order chi connectivity index (χ0) is 23.0. The summed E-state index contributed by atoms with van der Waals surface area (Å²) in [6.45, 7) is 0.165. The molecule has 2 aliphatic heterocycles. The molecule has 0 atom stereocenters. The molecular weight excluding hydrogens is 488 g/mol. The SMILES string of the molecule is N=C1/C(=C\c2cccc(OCc3ccc(Cl)cc3Cl)c2)C(=O)N=C2SC(C(F)(F)F)=NN12. The van der Waals surface area contributed by atoms with Gasteiger partial charge in [0.2, 0.25) is 10.2 Å². The van der Waals surface area contributed by atoms with Crippen molar-refractivity contribution in [2.45, 2.75) is 12.8 Å². The van der Waals surface area contributed by atoms with Gasteiger partial charge in [-0.25, -0.2) is 0 Å². The standard InChI is InChI=1S/C20H11Cl2F3N4O2S/c21-12-5-4-11(15(22)8-12)9-31-13-3-1-2-10(6-13)7-14-16(26)29-19(27-17(14)30)32-18(28-29)20(23,24)25/h1-8,26H,9H2/b14-7+,26-16?. The van der Waals surface area contributed by atoms with Crippen LogP contribution in [0.4, 0.5) is 13.2 Å². The molecule has 2 heterocycles. The molecule has 2 aromatic carbocycles. The Hall–Kier alpha value is -2.82. The number of alkyl halides is 3. The largest absolute Gasteiger partial charge is 0.489 e. The number of hydrazone groups is 1. The first-order chi connectivity index (χ1) is 15.1. The second kappa shape index (κ2) is 8.61. The Morgan fingerprint density at radius 1 is 1.19 bits per heavy atom. The quantitative estimate of drug-likeness (QED) is 0.544. The molecule has 6 nitrogen and oxygen atoms in total. The minimum Gasteiger partial charge on any atom is -0.489 e. The summed E-state index contributed by atoms with van der Waals surface area (Å²) in [4.78, 5) is 16.0. The Kier molecular flexibility index (Phi) is 6.02. The number of carbonyl (C=O) groups excluding carboxylic acids is 1. The van der Waals surface area contributed by atoms with E-state index >= 15 is 0 Å². The first-order valence-corrected chi connectivity index (χ1v) is 10.4. The highest BCUT2D eigenvalue weighted by Crippen LogP contribution is 2.35. The number of rotatable bonds is 4. The molecule has 32 heavy (non-hydrogen) atoms. The Morgan fingerprint density at radius 3 is 2.69 bits per heavy atom. The minimum absolute atomic E-state index is 0.165. The first-order valence-electron chi connectivity index (χ1n) is 8.86. The van der Waals surface area contributed by atoms with E-state index in [1.807, 2.05) is 0 Å². The molecule has 0 unspecified atom stereocenters. The Labute approximate surface area is 193 Å². The van der Waals surface area contributed by atoms with Crippen molar-refractivity contribution in [2.75, 3.05) is 0 Å². The van der Waals surface area contributed by atoms with Gasteiger partial charge in [0.25, 0.3) is 5.91 Å². The molecule has 0 aliphatic carbocycles. The van der Waals surface area contributed by atoms with Crippen LogP contribution in [0.2, 0.25) is 10.0 Å². The van der Waals surface area contributed by atoms with Gasteiger partial charge in [-0.3, -0.25) is 10.2 Å². The predicted molar refractivity (Wildman–Crippen MR) is 118 cm³/mol. The number of fused-ring (bicyclic) bond motifs is 1. The van der Waals surface area contributed by atoms with Crippen LogP contribution in [-0.4, -0.2) is 33.1 Å². The maximum atomic E-state index is 12.9. The van der Waals surface area contributed by atoms with E-state index in [4.69, 9.17) is 33.3 Å². The van der Waals surface area contributed by atoms with Gasteiger partial charge in [-0.05, 0) is 47.7 Å². The van der Waals surface area contributed by atoms with Gasteiger partial charge in [0.1, 0.15) is 12.4 Å². The van der Waals surface area contributed by atoms with E-state index in [9.17, 15) is 18.0 Å². The normalized spacial score (nSPS) is 17.4. The fourth-order valence-corrected chi connectivity index (χ4v) is 3.99. The van der Waals surface area contributed by atoms with Gasteiger partial charge in [-0.1, -0.05) is 41.4 Å². The number of aliphatic imine (C=N–C) groups is 1. The molecule has 12 heteroatoms. The number of carbonyl (C=O) groups is 1. The maximum Gasteiger partial charge on any atom is 0.441 e. The lowest BCUT2D eigenvalue weighted by Gasteiger charge is -2.20. The summed E-state index contributed by atoms with van der Waals surface area (Å²) in [5.41, 5.74) is 1.01.